The predicted molar refractivity (Wildman–Crippen MR) is 205 cm³/mol. The van der Waals surface area contributed by atoms with E-state index in [1.165, 1.54) is 7.11 Å². The van der Waals surface area contributed by atoms with Gasteiger partial charge in [-0.3, -0.25) is 4.90 Å². The van der Waals surface area contributed by atoms with Gasteiger partial charge in [0.1, 0.15) is 24.1 Å². The van der Waals surface area contributed by atoms with Crippen molar-refractivity contribution in [3.8, 4) is 11.5 Å². The maximum Gasteiger partial charge on any atom is 0.412 e. The molecule has 1 aliphatic heterocycles. The number of unbranched alkanes of at least 4 members (excludes halogenated alkanes) is 2. The molecule has 6 atom stereocenters. The van der Waals surface area contributed by atoms with Crippen molar-refractivity contribution in [2.45, 2.75) is 89.6 Å². The van der Waals surface area contributed by atoms with Gasteiger partial charge in [0.2, 0.25) is 5.79 Å². The van der Waals surface area contributed by atoms with E-state index in [1.54, 1.807) is 17.0 Å². The molecule has 0 spiro atoms. The molecular formula is C42H57N3O9. The number of nitrogens with one attached hydrogen (secondary N) is 1. The van der Waals surface area contributed by atoms with E-state index in [4.69, 9.17) is 28.9 Å². The molecule has 1 fully saturated rings. The molecule has 0 radical (unpaired) electrons. The number of carbonyl (C=O) groups excluding carboxylic acids is 2. The van der Waals surface area contributed by atoms with Crippen LogP contribution in [0.5, 0.6) is 11.5 Å². The van der Waals surface area contributed by atoms with Crippen molar-refractivity contribution in [3.05, 3.63) is 84.0 Å². The number of rotatable bonds is 19. The molecule has 12 heteroatoms. The average molecular weight is 748 g/mol. The lowest BCUT2D eigenvalue weighted by atomic mass is 9.55. The van der Waals surface area contributed by atoms with Gasteiger partial charge in [0.05, 0.1) is 25.3 Å². The third-order valence-corrected chi connectivity index (χ3v) is 10.7. The topological polar surface area (TPSA) is 148 Å². The molecule has 5 rings (SSSR count). The van der Waals surface area contributed by atoms with E-state index in [2.05, 4.69) is 18.0 Å². The van der Waals surface area contributed by atoms with Gasteiger partial charge in [0.15, 0.2) is 0 Å². The summed E-state index contributed by atoms with van der Waals surface area (Å²) < 4.78 is 25.2. The van der Waals surface area contributed by atoms with Crippen LogP contribution in [0.15, 0.2) is 78.0 Å². The maximum absolute atomic E-state index is 13.7. The molecule has 1 saturated carbocycles. The molecule has 0 aromatic heterocycles. The molecule has 294 valence electrons. The first-order chi connectivity index (χ1) is 26.3. The van der Waals surface area contributed by atoms with E-state index in [0.717, 1.165) is 42.4 Å². The van der Waals surface area contributed by atoms with Crippen LogP contribution in [0.3, 0.4) is 0 Å². The van der Waals surface area contributed by atoms with Gasteiger partial charge in [-0.25, -0.2) is 9.59 Å². The molecule has 12 nitrogen and oxygen atoms in total. The average Bonchev–Trinajstić information content (AvgIpc) is 3.18. The van der Waals surface area contributed by atoms with Crippen molar-refractivity contribution < 1.29 is 43.6 Å². The van der Waals surface area contributed by atoms with E-state index in [0.29, 0.717) is 49.6 Å². The number of ether oxygens (including phenoxy) is 4. The summed E-state index contributed by atoms with van der Waals surface area (Å²) in [4.78, 5) is 34.1. The Morgan fingerprint density at radius 3 is 2.52 bits per heavy atom. The summed E-state index contributed by atoms with van der Waals surface area (Å²) in [5, 5.41) is 27.2. The first-order valence-corrected chi connectivity index (χ1v) is 19.4. The molecule has 0 saturated heterocycles. The molecule has 54 heavy (non-hydrogen) atoms. The smallest absolute Gasteiger partial charge is 0.412 e. The number of hydrogen-bond acceptors (Lipinski definition) is 10. The Morgan fingerprint density at radius 2 is 1.83 bits per heavy atom. The zero-order chi connectivity index (χ0) is 38.5. The lowest BCUT2D eigenvalue weighted by Crippen LogP contribution is -2.70. The highest BCUT2D eigenvalue weighted by molar-refractivity contribution is 6.03. The van der Waals surface area contributed by atoms with E-state index < -0.39 is 29.9 Å². The van der Waals surface area contributed by atoms with Crippen molar-refractivity contribution >= 4 is 17.9 Å². The van der Waals surface area contributed by atoms with Gasteiger partial charge in [0, 0.05) is 44.2 Å². The largest absolute Gasteiger partial charge is 0.459 e. The van der Waals surface area contributed by atoms with Crippen LogP contribution in [-0.2, 0) is 20.9 Å². The SMILES string of the molecule is C=CCO[C@@]12Oc3ccc(OC(=O)NCC)cc3[C@H]3[C@H](CCCCO)[C@@H](CCCCO)C=C(C(=NOCc4ccccc4)C[C@@H]1N(CCC)C(=O)OC)[C@H]32. The zero-order valence-electron chi connectivity index (χ0n) is 31.9. The fourth-order valence-corrected chi connectivity index (χ4v) is 8.49. The number of aliphatic hydroxyl groups is 2. The van der Waals surface area contributed by atoms with Gasteiger partial charge in [0.25, 0.3) is 0 Å². The van der Waals surface area contributed by atoms with E-state index in [-0.39, 0.29) is 50.6 Å². The second kappa shape index (κ2) is 19.8. The second-order valence-electron chi connectivity index (χ2n) is 14.1. The van der Waals surface area contributed by atoms with E-state index in [9.17, 15) is 19.8 Å². The lowest BCUT2D eigenvalue weighted by molar-refractivity contribution is -0.255. The summed E-state index contributed by atoms with van der Waals surface area (Å²) in [7, 11) is 1.37. The number of aliphatic hydroxyl groups excluding tert-OH is 2. The first-order valence-electron chi connectivity index (χ1n) is 19.4. The zero-order valence-corrected chi connectivity index (χ0v) is 31.9. The quantitative estimate of drug-likeness (QED) is 0.0777. The monoisotopic (exact) mass is 747 g/mol. The standard InChI is InChI=1S/C42H57N3O9/c1-5-21-45(41(49)50-4)37-27-35(44-52-28-29-15-9-8-10-16-29)33-25-30(17-11-13-22-46)32(18-12-14-23-47)38-34-26-31(53-40(48)43-7-3)19-20-36(34)54-42(37,39(33)38)51-24-6-2/h6,8-10,15-16,19-20,25-26,30,32,37-39,46-47H,2,5,7,11-14,17-18,21-24,27-28H2,1,3-4H3,(H,43,48)/t30-,32+,37-,38+,39+,42+/m0/s1. The Hall–Kier alpha value is -4.39. The Morgan fingerprint density at radius 1 is 1.07 bits per heavy atom. The number of nitrogens with zero attached hydrogens (tertiary/aromatic N) is 2. The van der Waals surface area contributed by atoms with E-state index in [1.807, 2.05) is 56.3 Å². The second-order valence-corrected chi connectivity index (χ2v) is 14.1. The summed E-state index contributed by atoms with van der Waals surface area (Å²) in [6, 6.07) is 14.5. The van der Waals surface area contributed by atoms with Gasteiger partial charge in [-0.2, -0.15) is 0 Å². The number of hydrogen-bond donors (Lipinski definition) is 3. The number of fused-ring (bicyclic) bond motifs is 2. The van der Waals surface area contributed by atoms with Gasteiger partial charge < -0.3 is 39.3 Å². The predicted octanol–water partition coefficient (Wildman–Crippen LogP) is 7.11. The number of amides is 2. The molecule has 3 aliphatic rings. The summed E-state index contributed by atoms with van der Waals surface area (Å²) >= 11 is 0. The first kappa shape index (κ1) is 40.8. The highest BCUT2D eigenvalue weighted by Gasteiger charge is 2.65. The fourth-order valence-electron chi connectivity index (χ4n) is 8.49. The van der Waals surface area contributed by atoms with Crippen LogP contribution in [0.1, 0.15) is 82.3 Å². The van der Waals surface area contributed by atoms with Gasteiger partial charge >= 0.3 is 12.2 Å². The summed E-state index contributed by atoms with van der Waals surface area (Å²) in [6.45, 7) is 9.18. The van der Waals surface area contributed by atoms with Gasteiger partial charge in [-0.15, -0.1) is 6.58 Å². The van der Waals surface area contributed by atoms with Crippen LogP contribution in [0, 0.1) is 17.8 Å². The Bertz CT molecular complexity index is 1620. The van der Waals surface area contributed by atoms with Crippen LogP contribution in [0.4, 0.5) is 9.59 Å². The molecule has 2 aromatic carbocycles. The molecule has 2 aromatic rings. The minimum Gasteiger partial charge on any atom is -0.459 e. The van der Waals surface area contributed by atoms with Crippen molar-refractivity contribution in [1.29, 1.82) is 0 Å². The molecular weight excluding hydrogens is 690 g/mol. The van der Waals surface area contributed by atoms with Crippen LogP contribution >= 0.6 is 0 Å². The van der Waals surface area contributed by atoms with Crippen LogP contribution in [-0.4, -0.2) is 84.9 Å². The molecule has 2 amide bonds. The highest BCUT2D eigenvalue weighted by atomic mass is 16.7. The van der Waals surface area contributed by atoms with Gasteiger partial charge in [-0.05, 0) is 80.2 Å². The van der Waals surface area contributed by atoms with Gasteiger partial charge in [-0.1, -0.05) is 67.4 Å². The van der Waals surface area contributed by atoms with Crippen LogP contribution in [0.2, 0.25) is 0 Å². The van der Waals surface area contributed by atoms with Crippen molar-refractivity contribution in [2.75, 3.05) is 40.0 Å². The minimum absolute atomic E-state index is 0.0288. The highest BCUT2D eigenvalue weighted by Crippen LogP contribution is 2.62. The number of carbonyl (C=O) groups is 2. The van der Waals surface area contributed by atoms with Crippen molar-refractivity contribution in [3.63, 3.8) is 0 Å². The number of oxime groups is 1. The Balaban J connectivity index is 1.76. The molecule has 0 unspecified atom stereocenters. The summed E-state index contributed by atoms with van der Waals surface area (Å²) in [5.41, 5.74) is 3.44. The fraction of sp³-hybridized carbons (Fsp3) is 0.548. The maximum atomic E-state index is 13.7. The van der Waals surface area contributed by atoms with Crippen LogP contribution < -0.4 is 14.8 Å². The number of benzene rings is 2. The molecule has 0 bridgehead atoms. The molecule has 2 aliphatic carbocycles. The number of allylic oxidation sites excluding steroid dienone is 1. The third-order valence-electron chi connectivity index (χ3n) is 10.7. The number of methoxy groups -OCH3 is 1. The Labute approximate surface area is 319 Å². The minimum atomic E-state index is -1.40. The molecule has 1 heterocycles. The van der Waals surface area contributed by atoms with Crippen molar-refractivity contribution in [2.24, 2.45) is 22.9 Å². The summed E-state index contributed by atoms with van der Waals surface area (Å²) in [6.07, 6.45) is 8.34. The lowest BCUT2D eigenvalue weighted by Gasteiger charge is -2.59. The van der Waals surface area contributed by atoms with Crippen molar-refractivity contribution in [1.82, 2.24) is 10.2 Å². The van der Waals surface area contributed by atoms with Crippen LogP contribution in [0.25, 0.3) is 0 Å². The summed E-state index contributed by atoms with van der Waals surface area (Å²) in [5.74, 6) is -1.10. The van der Waals surface area contributed by atoms with E-state index >= 15 is 0 Å². The third kappa shape index (κ3) is 9.10. The normalized spacial score (nSPS) is 24.6. The Kier molecular flexibility index (Phi) is 15.0. The molecule has 3 N–H and O–H groups in total.